The van der Waals surface area contributed by atoms with Gasteiger partial charge < -0.3 is 20.1 Å². The number of ether oxygens (including phenoxy) is 2. The van der Waals surface area contributed by atoms with Crippen molar-refractivity contribution in [2.24, 2.45) is 5.92 Å². The van der Waals surface area contributed by atoms with Crippen LogP contribution in [0.2, 0.25) is 0 Å². The zero-order valence-corrected chi connectivity index (χ0v) is 18.2. The lowest BCUT2D eigenvalue weighted by Gasteiger charge is -2.26. The molecule has 1 heterocycles. The molecule has 0 saturated carbocycles. The molecule has 2 aromatic rings. The summed E-state index contributed by atoms with van der Waals surface area (Å²) in [4.78, 5) is 26.9. The van der Waals surface area contributed by atoms with E-state index in [-0.39, 0.29) is 11.3 Å². The van der Waals surface area contributed by atoms with Gasteiger partial charge in [0.2, 0.25) is 5.91 Å². The number of carbonyl (C=O) groups is 2. The van der Waals surface area contributed by atoms with E-state index in [2.05, 4.69) is 15.4 Å². The number of amides is 2. The van der Waals surface area contributed by atoms with Gasteiger partial charge in [-0.1, -0.05) is 12.1 Å². The zero-order chi connectivity index (χ0) is 23.8. The molecule has 2 N–H and O–H groups in total. The minimum absolute atomic E-state index is 0.160. The molecule has 0 aliphatic carbocycles. The highest BCUT2D eigenvalue weighted by Gasteiger charge is 2.34. The van der Waals surface area contributed by atoms with E-state index in [1.54, 1.807) is 12.1 Å². The van der Waals surface area contributed by atoms with E-state index in [1.807, 2.05) is 0 Å². The second kappa shape index (κ2) is 11.0. The maximum absolute atomic E-state index is 13.3. The molecular weight excluding hydrogens is 439 g/mol. The summed E-state index contributed by atoms with van der Waals surface area (Å²) in [5, 5.41) is 6.04. The monoisotopic (exact) mass is 465 g/mol. The van der Waals surface area contributed by atoms with Crippen LogP contribution in [0.25, 0.3) is 0 Å². The van der Waals surface area contributed by atoms with Crippen molar-refractivity contribution in [1.82, 2.24) is 10.6 Å². The van der Waals surface area contributed by atoms with Gasteiger partial charge in [0.15, 0.2) is 5.75 Å². The Hall–Kier alpha value is -3.27. The third-order valence-electron chi connectivity index (χ3n) is 5.31. The largest absolute Gasteiger partial charge is 0.573 e. The molecular formula is C23H26F3N3O4. The molecule has 0 aromatic heterocycles. The number of carbonyl (C=O) groups excluding carboxylic acids is 2. The van der Waals surface area contributed by atoms with Crippen LogP contribution < -0.4 is 25.0 Å². The van der Waals surface area contributed by atoms with E-state index in [1.165, 1.54) is 37.4 Å². The summed E-state index contributed by atoms with van der Waals surface area (Å²) < 4.78 is 48.1. The molecule has 1 fully saturated rings. The van der Waals surface area contributed by atoms with Crippen LogP contribution in [-0.4, -0.2) is 51.5 Å². The van der Waals surface area contributed by atoms with Crippen molar-refractivity contribution in [2.45, 2.75) is 19.2 Å². The zero-order valence-electron chi connectivity index (χ0n) is 18.2. The number of rotatable bonds is 8. The van der Waals surface area contributed by atoms with Crippen LogP contribution in [0.4, 0.5) is 18.9 Å². The Kier molecular flexibility index (Phi) is 8.16. The van der Waals surface area contributed by atoms with Gasteiger partial charge in [-0.05, 0) is 68.2 Å². The van der Waals surface area contributed by atoms with Crippen LogP contribution in [0.3, 0.4) is 0 Å². The number of anilines is 1. The fourth-order valence-corrected chi connectivity index (χ4v) is 3.59. The number of benzene rings is 2. The third kappa shape index (κ3) is 7.11. The molecule has 0 bridgehead atoms. The highest BCUT2D eigenvalue weighted by atomic mass is 19.4. The number of halogens is 3. The topological polar surface area (TPSA) is 79.9 Å². The van der Waals surface area contributed by atoms with Crippen LogP contribution in [0.15, 0.2) is 48.5 Å². The fraction of sp³-hybridized carbons (Fsp3) is 0.391. The Morgan fingerprint density at radius 2 is 1.76 bits per heavy atom. The number of piperidine rings is 1. The Bertz CT molecular complexity index is 945. The molecule has 3 rings (SSSR count). The molecule has 0 radical (unpaired) electrons. The van der Waals surface area contributed by atoms with E-state index in [0.717, 1.165) is 36.9 Å². The predicted octanol–water partition coefficient (Wildman–Crippen LogP) is 3.36. The van der Waals surface area contributed by atoms with Crippen molar-refractivity contribution < 1.29 is 32.2 Å². The Labute approximate surface area is 189 Å². The number of nitrogens with zero attached hydrogens (tertiary/aromatic N) is 1. The van der Waals surface area contributed by atoms with Crippen LogP contribution in [0.1, 0.15) is 23.2 Å². The number of nitrogens with one attached hydrogen (secondary N) is 2. The summed E-state index contributed by atoms with van der Waals surface area (Å²) in [6, 6.07) is 11.3. The summed E-state index contributed by atoms with van der Waals surface area (Å²) >= 11 is 0. The summed E-state index contributed by atoms with van der Waals surface area (Å²) in [7, 11) is 1.47. The number of alkyl halides is 3. The fourth-order valence-electron chi connectivity index (χ4n) is 3.59. The SMILES string of the molecule is COc1ccc(C(=O)N(CC(=O)NCC2CCNCC2)c2ccccc2OC(F)(F)F)cc1. The molecule has 10 heteroatoms. The third-order valence-corrected chi connectivity index (χ3v) is 5.31. The van der Waals surface area contributed by atoms with Gasteiger partial charge in [0.25, 0.3) is 5.91 Å². The lowest BCUT2D eigenvalue weighted by molar-refractivity contribution is -0.274. The number of hydrogen-bond acceptors (Lipinski definition) is 5. The van der Waals surface area contributed by atoms with Crippen molar-refractivity contribution in [3.63, 3.8) is 0 Å². The lowest BCUT2D eigenvalue weighted by Crippen LogP contribution is -2.43. The second-order valence-electron chi connectivity index (χ2n) is 7.63. The van der Waals surface area contributed by atoms with E-state index in [0.29, 0.717) is 18.2 Å². The Balaban J connectivity index is 1.84. The molecule has 1 aliphatic rings. The molecule has 33 heavy (non-hydrogen) atoms. The lowest BCUT2D eigenvalue weighted by atomic mass is 9.98. The Morgan fingerprint density at radius 1 is 1.09 bits per heavy atom. The minimum atomic E-state index is -4.96. The number of hydrogen-bond donors (Lipinski definition) is 2. The summed E-state index contributed by atoms with van der Waals surface area (Å²) in [5.41, 5.74) is 0.0245. The minimum Gasteiger partial charge on any atom is -0.497 e. The summed E-state index contributed by atoms with van der Waals surface area (Å²) in [5.74, 6) is -0.872. The normalized spacial score (nSPS) is 14.4. The van der Waals surface area contributed by atoms with Crippen molar-refractivity contribution in [2.75, 3.05) is 38.2 Å². The van der Waals surface area contributed by atoms with E-state index in [9.17, 15) is 22.8 Å². The summed E-state index contributed by atoms with van der Waals surface area (Å²) in [6.45, 7) is 1.70. The predicted molar refractivity (Wildman–Crippen MR) is 116 cm³/mol. The number of para-hydroxylation sites is 2. The second-order valence-corrected chi connectivity index (χ2v) is 7.63. The first-order valence-electron chi connectivity index (χ1n) is 10.5. The highest BCUT2D eigenvalue weighted by Crippen LogP contribution is 2.33. The van der Waals surface area contributed by atoms with Crippen molar-refractivity contribution in [1.29, 1.82) is 0 Å². The van der Waals surface area contributed by atoms with Gasteiger partial charge in [0.05, 0.1) is 12.8 Å². The molecule has 0 unspecified atom stereocenters. The van der Waals surface area contributed by atoms with E-state index < -0.39 is 30.5 Å². The standard InChI is InChI=1S/C23H26F3N3O4/c1-32-18-8-6-17(7-9-18)22(31)29(15-21(30)28-14-16-10-12-27-13-11-16)19-4-2-3-5-20(19)33-23(24,25)26/h2-9,16,27H,10-15H2,1H3,(H,28,30). The smallest absolute Gasteiger partial charge is 0.497 e. The maximum Gasteiger partial charge on any atom is 0.573 e. The van der Waals surface area contributed by atoms with Crippen molar-refractivity contribution in [3.8, 4) is 11.5 Å². The highest BCUT2D eigenvalue weighted by molar-refractivity contribution is 6.09. The maximum atomic E-state index is 13.3. The molecule has 0 atom stereocenters. The first-order valence-corrected chi connectivity index (χ1v) is 10.5. The van der Waals surface area contributed by atoms with E-state index >= 15 is 0 Å². The van der Waals surface area contributed by atoms with Crippen LogP contribution in [0, 0.1) is 5.92 Å². The van der Waals surface area contributed by atoms with Gasteiger partial charge in [-0.25, -0.2) is 0 Å². The molecule has 178 valence electrons. The number of methoxy groups -OCH3 is 1. The quantitative estimate of drug-likeness (QED) is 0.625. The van der Waals surface area contributed by atoms with Crippen molar-refractivity contribution >= 4 is 17.5 Å². The Morgan fingerprint density at radius 3 is 2.39 bits per heavy atom. The van der Waals surface area contributed by atoms with Gasteiger partial charge >= 0.3 is 6.36 Å². The van der Waals surface area contributed by atoms with Crippen LogP contribution in [-0.2, 0) is 4.79 Å². The first kappa shape index (κ1) is 24.4. The van der Waals surface area contributed by atoms with Gasteiger partial charge in [-0.3, -0.25) is 14.5 Å². The molecule has 1 aliphatic heterocycles. The van der Waals surface area contributed by atoms with Gasteiger partial charge in [-0.2, -0.15) is 0 Å². The van der Waals surface area contributed by atoms with E-state index in [4.69, 9.17) is 4.74 Å². The first-order chi connectivity index (χ1) is 15.8. The molecule has 2 amide bonds. The summed E-state index contributed by atoms with van der Waals surface area (Å²) in [6.07, 6.45) is -3.13. The van der Waals surface area contributed by atoms with Crippen molar-refractivity contribution in [3.05, 3.63) is 54.1 Å². The average Bonchev–Trinajstić information content (AvgIpc) is 2.81. The molecule has 2 aromatic carbocycles. The molecule has 7 nitrogen and oxygen atoms in total. The molecule has 0 spiro atoms. The van der Waals surface area contributed by atoms with Gasteiger partial charge in [-0.15, -0.1) is 13.2 Å². The van der Waals surface area contributed by atoms with Crippen LogP contribution >= 0.6 is 0 Å². The van der Waals surface area contributed by atoms with Gasteiger partial charge in [0, 0.05) is 12.1 Å². The van der Waals surface area contributed by atoms with Crippen LogP contribution in [0.5, 0.6) is 11.5 Å². The average molecular weight is 465 g/mol. The van der Waals surface area contributed by atoms with Gasteiger partial charge in [0.1, 0.15) is 12.3 Å². The molecule has 1 saturated heterocycles.